The van der Waals surface area contributed by atoms with Crippen molar-refractivity contribution in [2.45, 2.75) is 32.4 Å². The Morgan fingerprint density at radius 1 is 1.29 bits per heavy atom. The zero-order valence-corrected chi connectivity index (χ0v) is 11.7. The molecule has 0 radical (unpaired) electrons. The Morgan fingerprint density at radius 3 is 2.41 bits per heavy atom. The average molecular weight is 246 g/mol. The van der Waals surface area contributed by atoms with Crippen molar-refractivity contribution in [1.29, 1.82) is 0 Å². The molecule has 0 saturated heterocycles. The van der Waals surface area contributed by atoms with Gasteiger partial charge in [-0.2, -0.15) is 0 Å². The maximum absolute atomic E-state index is 11.5. The van der Waals surface area contributed by atoms with Crippen molar-refractivity contribution < 1.29 is 14.3 Å². The molecule has 0 rings (SSSR count). The van der Waals surface area contributed by atoms with E-state index in [1.165, 1.54) is 7.11 Å². The highest BCUT2D eigenvalue weighted by Crippen LogP contribution is 1.99. The fourth-order valence-electron chi connectivity index (χ4n) is 1.52. The molecule has 0 aliphatic heterocycles. The molecule has 5 nitrogen and oxygen atoms in total. The lowest BCUT2D eigenvalue weighted by molar-refractivity contribution is -0.143. The van der Waals surface area contributed by atoms with Gasteiger partial charge < -0.3 is 19.7 Å². The van der Waals surface area contributed by atoms with E-state index in [9.17, 15) is 4.79 Å². The van der Waals surface area contributed by atoms with E-state index in [4.69, 9.17) is 9.47 Å². The van der Waals surface area contributed by atoms with Crippen molar-refractivity contribution in [2.24, 2.45) is 0 Å². The number of rotatable bonds is 9. The standard InChI is InChI=1S/C12H26N2O3/c1-10(2)13-11(12(15)17-5)6-7-14(3)8-9-16-4/h10-11,13H,6-9H2,1-5H3. The number of carbonyl (C=O) groups is 1. The second kappa shape index (κ2) is 9.39. The first-order valence-electron chi connectivity index (χ1n) is 6.02. The molecule has 0 aliphatic rings. The average Bonchev–Trinajstić information content (AvgIpc) is 2.30. The molecule has 0 amide bonds. The van der Waals surface area contributed by atoms with Gasteiger partial charge in [-0.1, -0.05) is 13.8 Å². The number of hydrogen-bond acceptors (Lipinski definition) is 5. The molecule has 1 unspecified atom stereocenters. The topological polar surface area (TPSA) is 50.8 Å². The second-order valence-electron chi connectivity index (χ2n) is 4.48. The van der Waals surface area contributed by atoms with E-state index in [-0.39, 0.29) is 18.1 Å². The van der Waals surface area contributed by atoms with E-state index in [1.54, 1.807) is 7.11 Å². The first kappa shape index (κ1) is 16.4. The van der Waals surface area contributed by atoms with Crippen LogP contribution in [0.15, 0.2) is 0 Å². The summed E-state index contributed by atoms with van der Waals surface area (Å²) in [6.07, 6.45) is 0.741. The highest BCUT2D eigenvalue weighted by Gasteiger charge is 2.19. The lowest BCUT2D eigenvalue weighted by Crippen LogP contribution is -2.43. The van der Waals surface area contributed by atoms with Gasteiger partial charge in [0, 0.05) is 19.7 Å². The summed E-state index contributed by atoms with van der Waals surface area (Å²) in [5.41, 5.74) is 0. The van der Waals surface area contributed by atoms with E-state index in [1.807, 2.05) is 20.9 Å². The fraction of sp³-hybridized carbons (Fsp3) is 0.917. The van der Waals surface area contributed by atoms with Gasteiger partial charge in [-0.15, -0.1) is 0 Å². The van der Waals surface area contributed by atoms with Gasteiger partial charge in [0.15, 0.2) is 0 Å². The Morgan fingerprint density at radius 2 is 1.94 bits per heavy atom. The summed E-state index contributed by atoms with van der Waals surface area (Å²) in [5, 5.41) is 3.21. The van der Waals surface area contributed by atoms with Crippen molar-refractivity contribution in [3.63, 3.8) is 0 Å². The number of nitrogens with one attached hydrogen (secondary N) is 1. The first-order chi connectivity index (χ1) is 8.01. The van der Waals surface area contributed by atoms with E-state index >= 15 is 0 Å². The molecule has 0 aromatic heterocycles. The Kier molecular flexibility index (Phi) is 9.03. The SMILES string of the molecule is COCCN(C)CCC(NC(C)C)C(=O)OC. The van der Waals surface area contributed by atoms with Gasteiger partial charge >= 0.3 is 5.97 Å². The number of methoxy groups -OCH3 is 2. The third-order valence-electron chi connectivity index (χ3n) is 2.50. The van der Waals surface area contributed by atoms with E-state index in [0.717, 1.165) is 19.5 Å². The number of carbonyl (C=O) groups excluding carboxylic acids is 1. The molecule has 0 bridgehead atoms. The molecule has 5 heteroatoms. The molecule has 0 aliphatic carbocycles. The molecular weight excluding hydrogens is 220 g/mol. The monoisotopic (exact) mass is 246 g/mol. The summed E-state index contributed by atoms with van der Waals surface area (Å²) in [6, 6.07) is 0.0355. The van der Waals surface area contributed by atoms with Crippen LogP contribution >= 0.6 is 0 Å². The Bertz CT molecular complexity index is 210. The summed E-state index contributed by atoms with van der Waals surface area (Å²) in [7, 11) is 5.13. The minimum absolute atomic E-state index is 0.196. The van der Waals surface area contributed by atoms with E-state index < -0.39 is 0 Å². The van der Waals surface area contributed by atoms with Gasteiger partial charge in [-0.25, -0.2) is 0 Å². The molecular formula is C12H26N2O3. The number of esters is 1. The quantitative estimate of drug-likeness (QED) is 0.600. The highest BCUT2D eigenvalue weighted by molar-refractivity contribution is 5.75. The molecule has 0 heterocycles. The van der Waals surface area contributed by atoms with Crippen molar-refractivity contribution in [1.82, 2.24) is 10.2 Å². The smallest absolute Gasteiger partial charge is 0.322 e. The van der Waals surface area contributed by atoms with Gasteiger partial charge in [0.05, 0.1) is 13.7 Å². The van der Waals surface area contributed by atoms with Crippen LogP contribution in [-0.2, 0) is 14.3 Å². The lowest BCUT2D eigenvalue weighted by atomic mass is 10.1. The highest BCUT2D eigenvalue weighted by atomic mass is 16.5. The van der Waals surface area contributed by atoms with Crippen LogP contribution in [0.25, 0.3) is 0 Å². The van der Waals surface area contributed by atoms with Crippen LogP contribution < -0.4 is 5.32 Å². The molecule has 0 saturated carbocycles. The third kappa shape index (κ3) is 8.12. The van der Waals surface area contributed by atoms with Crippen molar-refractivity contribution in [2.75, 3.05) is 41.0 Å². The largest absolute Gasteiger partial charge is 0.468 e. The zero-order chi connectivity index (χ0) is 13.3. The third-order valence-corrected chi connectivity index (χ3v) is 2.50. The summed E-state index contributed by atoms with van der Waals surface area (Å²) >= 11 is 0. The van der Waals surface area contributed by atoms with Crippen molar-refractivity contribution in [3.05, 3.63) is 0 Å². The summed E-state index contributed by atoms with van der Waals surface area (Å²) in [4.78, 5) is 13.7. The Hall–Kier alpha value is -0.650. The minimum Gasteiger partial charge on any atom is -0.468 e. The Labute approximate surface area is 104 Å². The van der Waals surface area contributed by atoms with Crippen LogP contribution in [0.2, 0.25) is 0 Å². The molecule has 0 fully saturated rings. The maximum atomic E-state index is 11.5. The number of nitrogens with zero attached hydrogens (tertiary/aromatic N) is 1. The van der Waals surface area contributed by atoms with Crippen LogP contribution in [-0.4, -0.2) is 63.9 Å². The minimum atomic E-state index is -0.231. The summed E-state index contributed by atoms with van der Waals surface area (Å²) in [5.74, 6) is -0.196. The molecule has 17 heavy (non-hydrogen) atoms. The predicted molar refractivity (Wildman–Crippen MR) is 68.1 cm³/mol. The molecule has 0 aromatic rings. The van der Waals surface area contributed by atoms with Gasteiger partial charge in [0.2, 0.25) is 0 Å². The summed E-state index contributed by atoms with van der Waals surface area (Å²) in [6.45, 7) is 6.45. The number of likely N-dealkylation sites (N-methyl/N-ethyl adjacent to an activating group) is 1. The number of hydrogen-bond donors (Lipinski definition) is 1. The number of ether oxygens (including phenoxy) is 2. The maximum Gasteiger partial charge on any atom is 0.322 e. The first-order valence-corrected chi connectivity index (χ1v) is 6.02. The Balaban J connectivity index is 4.02. The van der Waals surface area contributed by atoms with Gasteiger partial charge in [0.25, 0.3) is 0 Å². The van der Waals surface area contributed by atoms with Gasteiger partial charge in [-0.05, 0) is 20.0 Å². The van der Waals surface area contributed by atoms with E-state index in [2.05, 4.69) is 10.2 Å². The van der Waals surface area contributed by atoms with Crippen LogP contribution in [0.3, 0.4) is 0 Å². The van der Waals surface area contributed by atoms with E-state index in [0.29, 0.717) is 6.61 Å². The van der Waals surface area contributed by atoms with Crippen LogP contribution in [0.5, 0.6) is 0 Å². The molecule has 102 valence electrons. The van der Waals surface area contributed by atoms with Crippen LogP contribution in [0, 0.1) is 0 Å². The van der Waals surface area contributed by atoms with Gasteiger partial charge in [-0.3, -0.25) is 4.79 Å². The zero-order valence-electron chi connectivity index (χ0n) is 11.7. The van der Waals surface area contributed by atoms with Gasteiger partial charge in [0.1, 0.15) is 6.04 Å². The molecule has 0 aromatic carbocycles. The van der Waals surface area contributed by atoms with Crippen molar-refractivity contribution >= 4 is 5.97 Å². The lowest BCUT2D eigenvalue weighted by Gasteiger charge is -2.22. The van der Waals surface area contributed by atoms with Crippen LogP contribution in [0.1, 0.15) is 20.3 Å². The predicted octanol–water partition coefficient (Wildman–Crippen LogP) is 0.494. The normalized spacial score (nSPS) is 13.1. The summed E-state index contributed by atoms with van der Waals surface area (Å²) < 4.78 is 9.79. The second-order valence-corrected chi connectivity index (χ2v) is 4.48. The fourth-order valence-corrected chi connectivity index (χ4v) is 1.52. The molecule has 1 N–H and O–H groups in total. The molecule has 0 spiro atoms. The van der Waals surface area contributed by atoms with Crippen molar-refractivity contribution in [3.8, 4) is 0 Å². The molecule has 1 atom stereocenters. The van der Waals surface area contributed by atoms with Crippen LogP contribution in [0.4, 0.5) is 0 Å².